The summed E-state index contributed by atoms with van der Waals surface area (Å²) in [6.45, 7) is 16.0. The fourth-order valence-electron chi connectivity index (χ4n) is 9.26. The summed E-state index contributed by atoms with van der Waals surface area (Å²) in [4.78, 5) is 28.0. The van der Waals surface area contributed by atoms with Crippen LogP contribution in [0.4, 0.5) is 16.2 Å². The number of benzene rings is 2. The number of rotatable bonds is 20. The van der Waals surface area contributed by atoms with E-state index in [2.05, 4.69) is 73.6 Å². The Hall–Kier alpha value is -4.91. The van der Waals surface area contributed by atoms with E-state index < -0.39 is 5.60 Å². The topological polar surface area (TPSA) is 111 Å². The van der Waals surface area contributed by atoms with Gasteiger partial charge >= 0.3 is 6.09 Å². The molecule has 6 heterocycles. The molecule has 0 spiro atoms. The molecule has 0 radical (unpaired) electrons. The van der Waals surface area contributed by atoms with E-state index in [-0.39, 0.29) is 12.1 Å². The minimum absolute atomic E-state index is 0.0313. The predicted molar refractivity (Wildman–Crippen MR) is 258 cm³/mol. The molecule has 4 atom stereocenters. The fraction of sp³-hybridized carbons (Fsp3) is 0.566. The summed E-state index contributed by atoms with van der Waals surface area (Å²) in [5.41, 5.74) is 4.27. The molecule has 352 valence electrons. The van der Waals surface area contributed by atoms with Gasteiger partial charge in [-0.25, -0.2) is 4.79 Å². The van der Waals surface area contributed by atoms with Gasteiger partial charge in [0.25, 0.3) is 0 Å². The number of hydrogen-bond donors (Lipinski definition) is 1. The molecular weight excluding hydrogens is 817 g/mol. The minimum atomic E-state index is -0.494. The van der Waals surface area contributed by atoms with Crippen molar-refractivity contribution < 1.29 is 28.5 Å². The Morgan fingerprint density at radius 2 is 1.23 bits per heavy atom. The number of nitrogens with one attached hydrogen (secondary N) is 1. The Morgan fingerprint density at radius 1 is 0.677 bits per heavy atom. The van der Waals surface area contributed by atoms with Crippen LogP contribution in [0.5, 0.6) is 11.5 Å². The highest BCUT2D eigenvalue weighted by Crippen LogP contribution is 2.30. The zero-order valence-corrected chi connectivity index (χ0v) is 39.3. The van der Waals surface area contributed by atoms with Crippen molar-refractivity contribution in [2.45, 2.75) is 116 Å². The van der Waals surface area contributed by atoms with Crippen LogP contribution in [0.25, 0.3) is 0 Å². The summed E-state index contributed by atoms with van der Waals surface area (Å²) in [6, 6.07) is 25.5. The van der Waals surface area contributed by atoms with Crippen molar-refractivity contribution in [3.63, 3.8) is 0 Å². The number of ether oxygens (including phenoxy) is 5. The maximum Gasteiger partial charge on any atom is 0.410 e. The Labute approximate surface area is 388 Å². The van der Waals surface area contributed by atoms with E-state index in [1.54, 1.807) is 11.1 Å². The van der Waals surface area contributed by atoms with Crippen molar-refractivity contribution in [3.8, 4) is 11.5 Å². The SMILES string of the molecule is CC(C)(C)OC(=O)N1CCC[C@H]1COc1cncc(N2CC[C@H](CCCOCc3ccccc3)C2)c1.c1ccc(COCCC[C@H]2CCN(c3cncc(OC[C@@H]4CCCN4)c3)C2)cc1. The highest BCUT2D eigenvalue weighted by atomic mass is 16.6. The first-order valence-electron chi connectivity index (χ1n) is 24.4. The van der Waals surface area contributed by atoms with Gasteiger partial charge in [-0.05, 0) is 114 Å². The van der Waals surface area contributed by atoms with E-state index in [9.17, 15) is 4.79 Å². The molecule has 8 rings (SSSR count). The van der Waals surface area contributed by atoms with E-state index >= 15 is 0 Å². The second kappa shape index (κ2) is 25.1. The van der Waals surface area contributed by atoms with Crippen LogP contribution in [0.1, 0.15) is 96.1 Å². The molecule has 0 aliphatic carbocycles. The third-order valence-corrected chi connectivity index (χ3v) is 12.8. The van der Waals surface area contributed by atoms with Gasteiger partial charge in [0, 0.05) is 64.1 Å². The smallest absolute Gasteiger partial charge is 0.410 e. The van der Waals surface area contributed by atoms with Gasteiger partial charge < -0.3 is 43.7 Å². The monoisotopic (exact) mass is 891 g/mol. The van der Waals surface area contributed by atoms with Crippen LogP contribution < -0.4 is 24.6 Å². The van der Waals surface area contributed by atoms with Gasteiger partial charge in [0.1, 0.15) is 30.3 Å². The molecule has 0 saturated carbocycles. The fourth-order valence-corrected chi connectivity index (χ4v) is 9.26. The number of hydrogen-bond acceptors (Lipinski definition) is 11. The number of anilines is 2. The molecule has 12 heteroatoms. The molecule has 1 N–H and O–H groups in total. The molecule has 4 aliphatic heterocycles. The van der Waals surface area contributed by atoms with Gasteiger partial charge in [-0.3, -0.25) is 9.97 Å². The van der Waals surface area contributed by atoms with E-state index in [0.717, 1.165) is 101 Å². The molecular formula is C53H74N6O6. The zero-order valence-electron chi connectivity index (χ0n) is 39.3. The molecule has 1 amide bonds. The van der Waals surface area contributed by atoms with E-state index in [4.69, 9.17) is 23.7 Å². The first-order chi connectivity index (χ1) is 31.7. The number of pyridine rings is 2. The normalized spacial score (nSPS) is 20.8. The highest BCUT2D eigenvalue weighted by Gasteiger charge is 2.33. The van der Waals surface area contributed by atoms with Gasteiger partial charge in [0.05, 0.1) is 55.4 Å². The highest BCUT2D eigenvalue weighted by molar-refractivity contribution is 5.69. The lowest BCUT2D eigenvalue weighted by Crippen LogP contribution is -2.42. The second-order valence-electron chi connectivity index (χ2n) is 19.2. The zero-order chi connectivity index (χ0) is 45.1. The summed E-state index contributed by atoms with van der Waals surface area (Å²) >= 11 is 0. The number of carbonyl (C=O) groups excluding carboxylic acids is 1. The molecule has 4 saturated heterocycles. The van der Waals surface area contributed by atoms with Crippen molar-refractivity contribution in [1.82, 2.24) is 20.2 Å². The molecule has 4 fully saturated rings. The summed E-state index contributed by atoms with van der Waals surface area (Å²) in [7, 11) is 0. The van der Waals surface area contributed by atoms with Crippen LogP contribution in [-0.4, -0.2) is 104 Å². The van der Waals surface area contributed by atoms with E-state index in [1.165, 1.54) is 55.3 Å². The largest absolute Gasteiger partial charge is 0.490 e. The standard InChI is InChI=1S/C29H41N3O4.C24H33N3O2/c1-29(2,3)36-28(33)32-14-7-12-25(32)22-35-27-17-26(18-30-19-27)31-15-13-23(20-31)11-8-16-34-21-24-9-5-4-6-10-24;1-2-6-21(7-3-1)18-28-13-5-8-20-10-12-27(17-20)23-14-24(16-25-15-23)29-19-22-9-4-11-26-22/h4-6,9-10,17-19,23,25H,7-8,11-16,20-22H2,1-3H3;1-3,6-7,14-16,20,22,26H,4-5,8-13,17-19H2/t23-,25-;20-,22-/m00/s1. The lowest BCUT2D eigenvalue weighted by Gasteiger charge is -2.28. The van der Waals surface area contributed by atoms with Crippen molar-refractivity contribution in [2.24, 2.45) is 11.8 Å². The van der Waals surface area contributed by atoms with Crippen molar-refractivity contribution in [3.05, 3.63) is 109 Å². The molecule has 0 unspecified atom stereocenters. The van der Waals surface area contributed by atoms with Crippen LogP contribution in [0.3, 0.4) is 0 Å². The summed E-state index contributed by atoms with van der Waals surface area (Å²) < 4.78 is 29.3. The number of likely N-dealkylation sites (tertiary alicyclic amines) is 1. The third-order valence-electron chi connectivity index (χ3n) is 12.8. The summed E-state index contributed by atoms with van der Waals surface area (Å²) in [5.74, 6) is 3.05. The van der Waals surface area contributed by atoms with Gasteiger partial charge in [0.15, 0.2) is 0 Å². The molecule has 4 aliphatic rings. The Balaban J connectivity index is 0.000000198. The Bertz CT molecular complexity index is 1980. The van der Waals surface area contributed by atoms with Crippen LogP contribution in [0, 0.1) is 11.8 Å². The first kappa shape index (κ1) is 48.0. The van der Waals surface area contributed by atoms with Crippen molar-refractivity contribution in [2.75, 3.05) is 75.5 Å². The predicted octanol–water partition coefficient (Wildman–Crippen LogP) is 9.72. The minimum Gasteiger partial charge on any atom is -0.490 e. The van der Waals surface area contributed by atoms with Crippen molar-refractivity contribution in [1.29, 1.82) is 0 Å². The van der Waals surface area contributed by atoms with Gasteiger partial charge in [-0.15, -0.1) is 0 Å². The quantitative estimate of drug-likeness (QED) is 0.0857. The lowest BCUT2D eigenvalue weighted by atomic mass is 10.0. The molecule has 4 aromatic rings. The Kier molecular flexibility index (Phi) is 18.6. The average molecular weight is 891 g/mol. The number of aromatic nitrogens is 2. The maximum atomic E-state index is 12.5. The summed E-state index contributed by atoms with van der Waals surface area (Å²) in [5, 5.41) is 3.47. The number of carbonyl (C=O) groups is 1. The molecule has 2 aromatic carbocycles. The molecule has 12 nitrogen and oxygen atoms in total. The van der Waals surface area contributed by atoms with E-state index in [0.29, 0.717) is 38.3 Å². The average Bonchev–Trinajstić information content (AvgIpc) is 4.17. The first-order valence-corrected chi connectivity index (χ1v) is 24.4. The van der Waals surface area contributed by atoms with Gasteiger partial charge in [-0.1, -0.05) is 60.7 Å². The lowest BCUT2D eigenvalue weighted by molar-refractivity contribution is 0.0187. The van der Waals surface area contributed by atoms with Crippen molar-refractivity contribution >= 4 is 17.5 Å². The van der Waals surface area contributed by atoms with Crippen LogP contribution in [-0.2, 0) is 27.4 Å². The number of nitrogens with zero attached hydrogens (tertiary/aromatic N) is 5. The second-order valence-corrected chi connectivity index (χ2v) is 19.2. The summed E-state index contributed by atoms with van der Waals surface area (Å²) in [6.07, 6.45) is 18.6. The molecule has 2 aromatic heterocycles. The van der Waals surface area contributed by atoms with Crippen LogP contribution in [0.2, 0.25) is 0 Å². The third kappa shape index (κ3) is 16.2. The van der Waals surface area contributed by atoms with E-state index in [1.807, 2.05) is 63.6 Å². The molecule has 0 bridgehead atoms. The van der Waals surface area contributed by atoms with Gasteiger partial charge in [-0.2, -0.15) is 0 Å². The van der Waals surface area contributed by atoms with Gasteiger partial charge in [0.2, 0.25) is 0 Å². The molecule has 65 heavy (non-hydrogen) atoms. The number of amides is 1. The van der Waals surface area contributed by atoms with Crippen LogP contribution in [0.15, 0.2) is 97.6 Å². The van der Waals surface area contributed by atoms with Crippen LogP contribution >= 0.6 is 0 Å². The maximum absolute atomic E-state index is 12.5. The Morgan fingerprint density at radius 3 is 1.75 bits per heavy atom.